The van der Waals surface area contributed by atoms with E-state index in [9.17, 15) is 14.9 Å². The predicted octanol–water partition coefficient (Wildman–Crippen LogP) is 0.565. The summed E-state index contributed by atoms with van der Waals surface area (Å²) in [7, 11) is 0. The van der Waals surface area contributed by atoms with Crippen LogP contribution in [-0.4, -0.2) is 44.0 Å². The summed E-state index contributed by atoms with van der Waals surface area (Å²) in [4.78, 5) is 27.0. The van der Waals surface area contributed by atoms with Gasteiger partial charge in [-0.3, -0.25) is 9.36 Å². The molecule has 3 heterocycles. The third-order valence-corrected chi connectivity index (χ3v) is 3.80. The van der Waals surface area contributed by atoms with E-state index in [1.807, 2.05) is 0 Å². The summed E-state index contributed by atoms with van der Waals surface area (Å²) in [6.45, 7) is 3.43. The molecule has 0 N–H and O–H groups in total. The summed E-state index contributed by atoms with van der Waals surface area (Å²) in [5.41, 5.74) is -0.358. The lowest BCUT2D eigenvalue weighted by Gasteiger charge is -2.37. The molecule has 0 saturated carbocycles. The summed E-state index contributed by atoms with van der Waals surface area (Å²) >= 11 is 0. The van der Waals surface area contributed by atoms with Crippen LogP contribution in [0.1, 0.15) is 19.8 Å². The van der Waals surface area contributed by atoms with Crippen LogP contribution in [0.25, 0.3) is 0 Å². The highest BCUT2D eigenvalue weighted by molar-refractivity contribution is 5.73. The lowest BCUT2D eigenvalue weighted by Crippen LogP contribution is -2.49. The van der Waals surface area contributed by atoms with Crippen LogP contribution < -0.4 is 4.74 Å². The molecule has 2 aliphatic rings. The number of rotatable bonds is 1. The number of piperidine rings is 1. The van der Waals surface area contributed by atoms with Crippen molar-refractivity contribution in [3.63, 3.8) is 0 Å². The molecule has 0 bridgehead atoms. The number of carbonyl (C=O) groups excluding carboxylic acids is 1. The first-order valence-corrected chi connectivity index (χ1v) is 6.15. The highest BCUT2D eigenvalue weighted by atomic mass is 16.6. The van der Waals surface area contributed by atoms with E-state index >= 15 is 0 Å². The molecule has 0 aromatic carbocycles. The molecule has 0 aliphatic carbocycles. The summed E-state index contributed by atoms with van der Waals surface area (Å²) < 4.78 is 7.49. The Bertz CT molecular complexity index is 519. The van der Waals surface area contributed by atoms with Crippen LogP contribution in [0.2, 0.25) is 0 Å². The monoisotopic (exact) mass is 266 g/mol. The Kier molecular flexibility index (Phi) is 2.48. The fourth-order valence-electron chi connectivity index (χ4n) is 2.69. The van der Waals surface area contributed by atoms with Crippen molar-refractivity contribution >= 4 is 11.7 Å². The molecule has 1 aromatic heterocycles. The Hall–Kier alpha value is -2.12. The summed E-state index contributed by atoms with van der Waals surface area (Å²) in [6.07, 6.45) is 2.86. The number of aromatic nitrogens is 2. The smallest absolute Gasteiger partial charge is 0.415 e. The van der Waals surface area contributed by atoms with E-state index in [1.54, 1.807) is 16.4 Å². The maximum atomic E-state index is 11.3. The van der Waals surface area contributed by atoms with Crippen LogP contribution in [0.3, 0.4) is 0 Å². The van der Waals surface area contributed by atoms with Crippen molar-refractivity contribution < 1.29 is 14.5 Å². The van der Waals surface area contributed by atoms with Gasteiger partial charge in [-0.05, 0) is 4.92 Å². The van der Waals surface area contributed by atoms with Gasteiger partial charge in [0.2, 0.25) is 5.91 Å². The standard InChI is InChI=1S/C11H14N4O4/c1-8(16)13-4-2-11(3-5-13)7-14-6-9(15(17)18)12-10(14)19-11/h6H,2-5,7H2,1H3. The number of amides is 1. The van der Waals surface area contributed by atoms with Gasteiger partial charge in [-0.2, -0.15) is 0 Å². The number of fused-ring (bicyclic) bond motifs is 1. The maximum Gasteiger partial charge on any atom is 0.415 e. The lowest BCUT2D eigenvalue weighted by molar-refractivity contribution is -0.389. The molecule has 1 saturated heterocycles. The number of imidazole rings is 1. The minimum absolute atomic E-state index is 0.0706. The van der Waals surface area contributed by atoms with Crippen molar-refractivity contribution in [2.75, 3.05) is 13.1 Å². The van der Waals surface area contributed by atoms with Gasteiger partial charge >= 0.3 is 11.8 Å². The van der Waals surface area contributed by atoms with Gasteiger partial charge < -0.3 is 19.8 Å². The number of nitrogens with zero attached hydrogens (tertiary/aromatic N) is 4. The highest BCUT2D eigenvalue weighted by Crippen LogP contribution is 2.37. The molecule has 1 aromatic rings. The number of hydrogen-bond donors (Lipinski definition) is 0. The Morgan fingerprint density at radius 3 is 2.74 bits per heavy atom. The second kappa shape index (κ2) is 3.94. The van der Waals surface area contributed by atoms with Crippen LogP contribution in [0, 0.1) is 10.1 Å². The first kappa shape index (κ1) is 11.9. The Morgan fingerprint density at radius 1 is 1.53 bits per heavy atom. The van der Waals surface area contributed by atoms with Crippen molar-refractivity contribution in [3.8, 4) is 6.01 Å². The Balaban J connectivity index is 1.72. The molecule has 19 heavy (non-hydrogen) atoms. The number of ether oxygens (including phenoxy) is 1. The van der Waals surface area contributed by atoms with E-state index in [4.69, 9.17) is 4.74 Å². The number of hydrogen-bond acceptors (Lipinski definition) is 5. The minimum atomic E-state index is -0.528. The first-order valence-electron chi connectivity index (χ1n) is 6.15. The van der Waals surface area contributed by atoms with Crippen molar-refractivity contribution in [2.45, 2.75) is 31.9 Å². The molecule has 1 spiro atoms. The number of nitro groups is 1. The molecule has 0 atom stereocenters. The molecule has 0 unspecified atom stereocenters. The van der Waals surface area contributed by atoms with Gasteiger partial charge in [0.25, 0.3) is 0 Å². The quantitative estimate of drug-likeness (QED) is 0.547. The van der Waals surface area contributed by atoms with E-state index in [0.717, 1.165) is 12.8 Å². The van der Waals surface area contributed by atoms with Crippen molar-refractivity contribution in [3.05, 3.63) is 16.3 Å². The number of carbonyl (C=O) groups is 1. The molecule has 0 radical (unpaired) electrons. The van der Waals surface area contributed by atoms with Crippen molar-refractivity contribution in [1.82, 2.24) is 14.5 Å². The molecule has 3 rings (SSSR count). The zero-order chi connectivity index (χ0) is 13.6. The SMILES string of the molecule is CC(=O)N1CCC2(CC1)Cn1cc([N+](=O)[O-])nc1O2. The third kappa shape index (κ3) is 1.92. The second-order valence-electron chi connectivity index (χ2n) is 5.06. The molecular formula is C11H14N4O4. The first-order chi connectivity index (χ1) is 8.99. The maximum absolute atomic E-state index is 11.3. The number of likely N-dealkylation sites (tertiary alicyclic amines) is 1. The summed E-state index contributed by atoms with van der Waals surface area (Å²) in [6, 6.07) is 0.308. The van der Waals surface area contributed by atoms with Crippen molar-refractivity contribution in [1.29, 1.82) is 0 Å². The molecular weight excluding hydrogens is 252 g/mol. The average Bonchev–Trinajstić information content (AvgIpc) is 2.85. The molecule has 1 fully saturated rings. The third-order valence-electron chi connectivity index (χ3n) is 3.80. The molecule has 8 nitrogen and oxygen atoms in total. The van der Waals surface area contributed by atoms with Gasteiger partial charge in [0, 0.05) is 37.8 Å². The van der Waals surface area contributed by atoms with E-state index < -0.39 is 4.92 Å². The lowest BCUT2D eigenvalue weighted by atomic mass is 9.91. The largest absolute Gasteiger partial charge is 0.437 e. The van der Waals surface area contributed by atoms with E-state index in [2.05, 4.69) is 4.98 Å². The normalized spacial score (nSPS) is 20.2. The molecule has 8 heteroatoms. The van der Waals surface area contributed by atoms with Gasteiger partial charge in [0.15, 0.2) is 0 Å². The van der Waals surface area contributed by atoms with E-state index in [-0.39, 0.29) is 17.3 Å². The molecule has 102 valence electrons. The van der Waals surface area contributed by atoms with Crippen LogP contribution in [0.15, 0.2) is 6.20 Å². The molecule has 1 amide bonds. The summed E-state index contributed by atoms with van der Waals surface area (Å²) in [5.74, 6) is -0.118. The summed E-state index contributed by atoms with van der Waals surface area (Å²) in [5, 5.41) is 10.6. The van der Waals surface area contributed by atoms with Gasteiger partial charge in [0.1, 0.15) is 11.8 Å². The molecule has 2 aliphatic heterocycles. The second-order valence-corrected chi connectivity index (χ2v) is 5.06. The zero-order valence-corrected chi connectivity index (χ0v) is 10.5. The van der Waals surface area contributed by atoms with Gasteiger partial charge in [0.05, 0.1) is 6.54 Å². The average molecular weight is 266 g/mol. The fraction of sp³-hybridized carbons (Fsp3) is 0.636. The topological polar surface area (TPSA) is 90.5 Å². The fourth-order valence-corrected chi connectivity index (χ4v) is 2.69. The van der Waals surface area contributed by atoms with E-state index in [0.29, 0.717) is 25.6 Å². The van der Waals surface area contributed by atoms with Crippen LogP contribution in [-0.2, 0) is 11.3 Å². The highest BCUT2D eigenvalue weighted by Gasteiger charge is 2.46. The zero-order valence-electron chi connectivity index (χ0n) is 10.5. The van der Waals surface area contributed by atoms with Crippen LogP contribution in [0.4, 0.5) is 5.82 Å². The predicted molar refractivity (Wildman–Crippen MR) is 63.7 cm³/mol. The van der Waals surface area contributed by atoms with E-state index in [1.165, 1.54) is 6.20 Å². The Morgan fingerprint density at radius 2 is 2.21 bits per heavy atom. The minimum Gasteiger partial charge on any atom is -0.437 e. The van der Waals surface area contributed by atoms with Gasteiger partial charge in [-0.1, -0.05) is 0 Å². The van der Waals surface area contributed by atoms with Crippen LogP contribution >= 0.6 is 0 Å². The Labute approximate surface area is 109 Å². The van der Waals surface area contributed by atoms with Crippen LogP contribution in [0.5, 0.6) is 6.01 Å². The van der Waals surface area contributed by atoms with Crippen molar-refractivity contribution in [2.24, 2.45) is 0 Å². The van der Waals surface area contributed by atoms with Gasteiger partial charge in [-0.25, -0.2) is 0 Å². The van der Waals surface area contributed by atoms with Gasteiger partial charge in [-0.15, -0.1) is 0 Å².